The van der Waals surface area contributed by atoms with Crippen molar-refractivity contribution in [1.29, 1.82) is 0 Å². The maximum Gasteiger partial charge on any atom is 0.417 e. The minimum atomic E-state index is -4.37. The van der Waals surface area contributed by atoms with E-state index in [0.29, 0.717) is 24.7 Å². The van der Waals surface area contributed by atoms with Crippen molar-refractivity contribution in [2.75, 3.05) is 36.8 Å². The van der Waals surface area contributed by atoms with Gasteiger partial charge in [0.2, 0.25) is 0 Å². The van der Waals surface area contributed by atoms with Crippen LogP contribution in [-0.2, 0) is 25.6 Å². The van der Waals surface area contributed by atoms with Crippen LogP contribution >= 0.6 is 11.3 Å². The summed E-state index contributed by atoms with van der Waals surface area (Å²) in [4.78, 5) is 20.3. The Morgan fingerprint density at radius 3 is 2.61 bits per heavy atom. The average Bonchev–Trinajstić information content (AvgIpc) is 2.93. The molecule has 1 saturated heterocycles. The van der Waals surface area contributed by atoms with E-state index in [4.69, 9.17) is 10.7 Å². The zero-order valence-corrected chi connectivity index (χ0v) is 19.2. The van der Waals surface area contributed by atoms with E-state index in [1.54, 1.807) is 11.3 Å². The number of hydrogen-bond acceptors (Lipinski definition) is 7. The fraction of sp³-hybridized carbons (Fsp3) is 0.522. The number of halogens is 3. The van der Waals surface area contributed by atoms with Crippen molar-refractivity contribution in [3.05, 3.63) is 40.2 Å². The molecule has 0 unspecified atom stereocenters. The van der Waals surface area contributed by atoms with Crippen LogP contribution in [0, 0.1) is 0 Å². The first kappa shape index (κ1) is 22.3. The van der Waals surface area contributed by atoms with Gasteiger partial charge in [0.1, 0.15) is 22.3 Å². The zero-order valence-electron chi connectivity index (χ0n) is 18.4. The first-order valence-corrected chi connectivity index (χ1v) is 12.3. The van der Waals surface area contributed by atoms with E-state index in [1.165, 1.54) is 35.8 Å². The molecular formula is C23H27F3N6S. The molecule has 2 N–H and O–H groups in total. The standard InChI is InChI=1S/C23H27F3N6S/c24-23(25,26)15-7-8-19(28-13-15)32-10-4-9-31(11-12-32)14-18-29-21(27)20-16-5-2-1-3-6-17(16)33-22(20)30-18/h7-8,13H,1-6,9-12,14H2,(H2,27,29,30). The predicted octanol–water partition coefficient (Wildman–Crippen LogP) is 4.67. The Hall–Kier alpha value is -2.46. The number of aryl methyl sites for hydroxylation is 2. The summed E-state index contributed by atoms with van der Waals surface area (Å²) in [5.74, 6) is 1.89. The number of hydrogen-bond donors (Lipinski definition) is 1. The Morgan fingerprint density at radius 1 is 0.970 bits per heavy atom. The average molecular weight is 477 g/mol. The van der Waals surface area contributed by atoms with E-state index in [2.05, 4.69) is 14.9 Å². The molecule has 0 aromatic carbocycles. The van der Waals surface area contributed by atoms with E-state index in [1.807, 2.05) is 4.90 Å². The van der Waals surface area contributed by atoms with Gasteiger partial charge in [-0.3, -0.25) is 4.90 Å². The third-order valence-electron chi connectivity index (χ3n) is 6.49. The second-order valence-electron chi connectivity index (χ2n) is 8.79. The van der Waals surface area contributed by atoms with Crippen molar-refractivity contribution in [3.63, 3.8) is 0 Å². The number of nitrogens with zero attached hydrogens (tertiary/aromatic N) is 5. The zero-order chi connectivity index (χ0) is 23.0. The summed E-state index contributed by atoms with van der Waals surface area (Å²) in [5, 5.41) is 1.05. The molecule has 0 radical (unpaired) electrons. The molecule has 1 fully saturated rings. The van der Waals surface area contributed by atoms with Crippen molar-refractivity contribution in [2.45, 2.75) is 51.2 Å². The highest BCUT2D eigenvalue weighted by molar-refractivity contribution is 7.19. The first-order chi connectivity index (χ1) is 15.9. The number of pyridine rings is 1. The number of anilines is 2. The third-order valence-corrected chi connectivity index (χ3v) is 7.68. The van der Waals surface area contributed by atoms with Crippen molar-refractivity contribution in [1.82, 2.24) is 19.9 Å². The van der Waals surface area contributed by atoms with Crippen LogP contribution < -0.4 is 10.6 Å². The van der Waals surface area contributed by atoms with Crippen LogP contribution in [0.15, 0.2) is 18.3 Å². The Labute approximate surface area is 194 Å². The molecule has 3 aromatic heterocycles. The summed E-state index contributed by atoms with van der Waals surface area (Å²) in [6.07, 6.45) is 3.25. The van der Waals surface area contributed by atoms with Gasteiger partial charge >= 0.3 is 6.18 Å². The molecular weight excluding hydrogens is 449 g/mol. The highest BCUT2D eigenvalue weighted by atomic mass is 32.1. The number of rotatable bonds is 3. The molecule has 0 spiro atoms. The van der Waals surface area contributed by atoms with E-state index < -0.39 is 11.7 Å². The quantitative estimate of drug-likeness (QED) is 0.554. The Kier molecular flexibility index (Phi) is 6.13. The molecule has 10 heteroatoms. The molecule has 5 rings (SSSR count). The lowest BCUT2D eigenvalue weighted by Gasteiger charge is -2.22. The van der Waals surface area contributed by atoms with Crippen LogP contribution in [0.2, 0.25) is 0 Å². The fourth-order valence-electron chi connectivity index (χ4n) is 4.78. The monoisotopic (exact) mass is 476 g/mol. The summed E-state index contributed by atoms with van der Waals surface area (Å²) in [7, 11) is 0. The number of fused-ring (bicyclic) bond motifs is 3. The number of aromatic nitrogens is 3. The largest absolute Gasteiger partial charge is 0.417 e. The van der Waals surface area contributed by atoms with Crippen LogP contribution in [-0.4, -0.2) is 46.0 Å². The van der Waals surface area contributed by atoms with E-state index in [-0.39, 0.29) is 0 Å². The summed E-state index contributed by atoms with van der Waals surface area (Å²) in [5.41, 5.74) is 7.02. The van der Waals surface area contributed by atoms with E-state index in [9.17, 15) is 13.2 Å². The third kappa shape index (κ3) is 4.77. The molecule has 0 saturated carbocycles. The van der Waals surface area contributed by atoms with Gasteiger partial charge in [-0.2, -0.15) is 13.2 Å². The molecule has 4 heterocycles. The lowest BCUT2D eigenvalue weighted by Crippen LogP contribution is -2.31. The Balaban J connectivity index is 1.28. The van der Waals surface area contributed by atoms with Crippen LogP contribution in [0.25, 0.3) is 10.2 Å². The number of nitrogen functional groups attached to an aromatic ring is 1. The molecule has 0 atom stereocenters. The minimum absolute atomic E-state index is 0.576. The van der Waals surface area contributed by atoms with Gasteiger partial charge in [-0.1, -0.05) is 6.42 Å². The van der Waals surface area contributed by atoms with Gasteiger partial charge < -0.3 is 10.6 Å². The van der Waals surface area contributed by atoms with E-state index >= 15 is 0 Å². The van der Waals surface area contributed by atoms with Crippen molar-refractivity contribution >= 4 is 33.2 Å². The first-order valence-electron chi connectivity index (χ1n) is 11.5. The molecule has 0 amide bonds. The topological polar surface area (TPSA) is 71.2 Å². The van der Waals surface area contributed by atoms with Crippen molar-refractivity contribution in [3.8, 4) is 0 Å². The lowest BCUT2D eigenvalue weighted by atomic mass is 10.1. The maximum absolute atomic E-state index is 12.8. The Bertz CT molecular complexity index is 1130. The number of alkyl halides is 3. The molecule has 33 heavy (non-hydrogen) atoms. The molecule has 3 aromatic rings. The van der Waals surface area contributed by atoms with E-state index in [0.717, 1.165) is 67.2 Å². The highest BCUT2D eigenvalue weighted by Gasteiger charge is 2.31. The fourth-order valence-corrected chi connectivity index (χ4v) is 6.07. The predicted molar refractivity (Wildman–Crippen MR) is 124 cm³/mol. The van der Waals surface area contributed by atoms with Crippen LogP contribution in [0.4, 0.5) is 24.8 Å². The van der Waals surface area contributed by atoms with Crippen molar-refractivity contribution in [2.24, 2.45) is 0 Å². The smallest absolute Gasteiger partial charge is 0.383 e. The summed E-state index contributed by atoms with van der Waals surface area (Å²) < 4.78 is 38.4. The van der Waals surface area contributed by atoms with Gasteiger partial charge in [0.05, 0.1) is 17.5 Å². The van der Waals surface area contributed by atoms with Crippen molar-refractivity contribution < 1.29 is 13.2 Å². The van der Waals surface area contributed by atoms with Crippen LogP contribution in [0.1, 0.15) is 47.5 Å². The van der Waals surface area contributed by atoms with Crippen LogP contribution in [0.3, 0.4) is 0 Å². The number of thiophene rings is 1. The summed E-state index contributed by atoms with van der Waals surface area (Å²) in [6, 6.07) is 2.55. The molecule has 1 aliphatic heterocycles. The van der Waals surface area contributed by atoms with Crippen LogP contribution in [0.5, 0.6) is 0 Å². The number of nitrogens with two attached hydrogens (primary N) is 1. The van der Waals surface area contributed by atoms with Gasteiger partial charge in [-0.15, -0.1) is 11.3 Å². The molecule has 6 nitrogen and oxygen atoms in total. The molecule has 1 aliphatic carbocycles. The molecule has 176 valence electrons. The van der Waals surface area contributed by atoms with Gasteiger partial charge in [0.25, 0.3) is 0 Å². The summed E-state index contributed by atoms with van der Waals surface area (Å²) >= 11 is 1.76. The minimum Gasteiger partial charge on any atom is -0.383 e. The maximum atomic E-state index is 12.8. The van der Waals surface area contributed by atoms with Gasteiger partial charge in [0.15, 0.2) is 0 Å². The van der Waals surface area contributed by atoms with Gasteiger partial charge in [0, 0.05) is 37.3 Å². The lowest BCUT2D eigenvalue weighted by molar-refractivity contribution is -0.137. The highest BCUT2D eigenvalue weighted by Crippen LogP contribution is 2.37. The van der Waals surface area contributed by atoms with Gasteiger partial charge in [-0.05, 0) is 49.8 Å². The second kappa shape index (κ2) is 9.06. The summed E-state index contributed by atoms with van der Waals surface area (Å²) in [6.45, 7) is 3.65. The molecule has 0 bridgehead atoms. The normalized spacial score (nSPS) is 18.2. The Morgan fingerprint density at radius 2 is 1.82 bits per heavy atom. The SMILES string of the molecule is Nc1nc(CN2CCCN(c3ccc(C(F)(F)F)cn3)CC2)nc2sc3c(c12)CCCCC3. The second-order valence-corrected chi connectivity index (χ2v) is 9.87. The molecule has 2 aliphatic rings. The van der Waals surface area contributed by atoms with Gasteiger partial charge in [-0.25, -0.2) is 15.0 Å².